The molecule has 1 amide bonds. The predicted molar refractivity (Wildman–Crippen MR) is 145 cm³/mol. The van der Waals surface area contributed by atoms with Gasteiger partial charge >= 0.3 is 0 Å². The van der Waals surface area contributed by atoms with Crippen LogP contribution in [0, 0.1) is 6.92 Å². The van der Waals surface area contributed by atoms with Crippen LogP contribution < -0.4 is 5.32 Å². The van der Waals surface area contributed by atoms with E-state index in [4.69, 9.17) is 21.7 Å². The largest absolute Gasteiger partial charge is 0.395 e. The number of aliphatic hydroxyl groups excluding tert-OH is 1. The number of pyridine rings is 1. The zero-order valence-corrected chi connectivity index (χ0v) is 22.1. The fourth-order valence-corrected chi connectivity index (χ4v) is 4.77. The molecule has 1 fully saturated rings. The number of amides is 1. The number of piperazine rings is 1. The standard InChI is InChI=1S/C28H35ClN6O2/c1-21-27(29)24(33-28(31-21)25-9-5-6-13-30-25)11-10-23(22-7-3-2-4-8-22)32-26(37)12-14-34-15-17-35(18-16-34)19-20-36/h2-9,13,23,36H,10-12,14-20H2,1H3,(H,32,37)/t23-/m0/s1. The van der Waals surface area contributed by atoms with Gasteiger partial charge in [-0.3, -0.25) is 14.7 Å². The summed E-state index contributed by atoms with van der Waals surface area (Å²) in [6, 6.07) is 15.5. The minimum Gasteiger partial charge on any atom is -0.395 e. The van der Waals surface area contributed by atoms with Crippen LogP contribution in [0.1, 0.15) is 35.8 Å². The third-order valence-electron chi connectivity index (χ3n) is 6.72. The Hall–Kier alpha value is -2.91. The van der Waals surface area contributed by atoms with Gasteiger partial charge in [-0.05, 0) is 37.5 Å². The zero-order valence-electron chi connectivity index (χ0n) is 21.3. The van der Waals surface area contributed by atoms with Gasteiger partial charge in [0.15, 0.2) is 5.82 Å². The van der Waals surface area contributed by atoms with Crippen molar-refractivity contribution >= 4 is 17.5 Å². The molecule has 0 unspecified atom stereocenters. The van der Waals surface area contributed by atoms with Crippen molar-refractivity contribution in [2.75, 3.05) is 45.9 Å². The average molecular weight is 523 g/mol. The fraction of sp³-hybridized carbons (Fsp3) is 0.429. The molecule has 2 N–H and O–H groups in total. The van der Waals surface area contributed by atoms with Crippen LogP contribution >= 0.6 is 11.6 Å². The number of carbonyl (C=O) groups excluding carboxylic acids is 1. The van der Waals surface area contributed by atoms with Gasteiger partial charge < -0.3 is 15.3 Å². The summed E-state index contributed by atoms with van der Waals surface area (Å²) in [5.74, 6) is 0.586. The number of nitrogens with zero attached hydrogens (tertiary/aromatic N) is 5. The van der Waals surface area contributed by atoms with Crippen LogP contribution in [0.25, 0.3) is 11.5 Å². The topological polar surface area (TPSA) is 94.5 Å². The zero-order chi connectivity index (χ0) is 26.0. The van der Waals surface area contributed by atoms with Crippen molar-refractivity contribution in [1.82, 2.24) is 30.1 Å². The van der Waals surface area contributed by atoms with Gasteiger partial charge in [-0.25, -0.2) is 9.97 Å². The second-order valence-electron chi connectivity index (χ2n) is 9.33. The van der Waals surface area contributed by atoms with Crippen molar-refractivity contribution in [2.45, 2.75) is 32.2 Å². The second kappa shape index (κ2) is 13.6. The maximum atomic E-state index is 13.0. The van der Waals surface area contributed by atoms with Gasteiger partial charge in [-0.1, -0.05) is 48.0 Å². The first kappa shape index (κ1) is 27.1. The van der Waals surface area contributed by atoms with Crippen molar-refractivity contribution in [2.24, 2.45) is 0 Å². The summed E-state index contributed by atoms with van der Waals surface area (Å²) in [6.07, 6.45) is 3.42. The molecule has 1 saturated heterocycles. The maximum absolute atomic E-state index is 13.0. The number of carbonyl (C=O) groups is 1. The summed E-state index contributed by atoms with van der Waals surface area (Å²) in [4.78, 5) is 31.1. The van der Waals surface area contributed by atoms with Crippen LogP contribution in [0.2, 0.25) is 5.02 Å². The molecule has 0 saturated carbocycles. The average Bonchev–Trinajstić information content (AvgIpc) is 2.93. The molecule has 4 rings (SSSR count). The number of rotatable bonds is 11. The Kier molecular flexibility index (Phi) is 9.96. The third kappa shape index (κ3) is 7.79. The van der Waals surface area contributed by atoms with Gasteiger partial charge in [-0.15, -0.1) is 0 Å². The highest BCUT2D eigenvalue weighted by Crippen LogP contribution is 2.26. The Morgan fingerprint density at radius 1 is 1.03 bits per heavy atom. The van der Waals surface area contributed by atoms with Gasteiger partial charge in [0.25, 0.3) is 0 Å². The van der Waals surface area contributed by atoms with Crippen molar-refractivity contribution in [3.8, 4) is 11.5 Å². The molecule has 2 aromatic heterocycles. The molecule has 37 heavy (non-hydrogen) atoms. The van der Waals surface area contributed by atoms with E-state index in [1.807, 2.05) is 55.5 Å². The summed E-state index contributed by atoms with van der Waals surface area (Å²) in [5.41, 5.74) is 3.23. The van der Waals surface area contributed by atoms with Crippen LogP contribution in [-0.4, -0.2) is 81.6 Å². The number of halogens is 1. The molecule has 9 heteroatoms. The van der Waals surface area contributed by atoms with Gasteiger partial charge in [0.2, 0.25) is 5.91 Å². The highest BCUT2D eigenvalue weighted by Gasteiger charge is 2.20. The van der Waals surface area contributed by atoms with Gasteiger partial charge in [0.05, 0.1) is 29.1 Å². The van der Waals surface area contributed by atoms with Crippen LogP contribution in [0.3, 0.4) is 0 Å². The van der Waals surface area contributed by atoms with Crippen LogP contribution in [-0.2, 0) is 11.2 Å². The number of aromatic nitrogens is 3. The lowest BCUT2D eigenvalue weighted by molar-refractivity contribution is -0.122. The van der Waals surface area contributed by atoms with E-state index in [-0.39, 0.29) is 18.6 Å². The lowest BCUT2D eigenvalue weighted by Gasteiger charge is -2.34. The lowest BCUT2D eigenvalue weighted by Crippen LogP contribution is -2.47. The molecule has 1 aliphatic heterocycles. The first-order chi connectivity index (χ1) is 18.0. The Bertz CT molecular complexity index is 1140. The first-order valence-corrected chi connectivity index (χ1v) is 13.3. The first-order valence-electron chi connectivity index (χ1n) is 12.9. The normalized spacial score (nSPS) is 15.4. The Morgan fingerprint density at radius 3 is 2.41 bits per heavy atom. The SMILES string of the molecule is Cc1nc(-c2ccccn2)nc(CC[C@H](NC(=O)CCN2CCN(CCO)CC2)c2ccccc2)c1Cl. The molecule has 8 nitrogen and oxygen atoms in total. The summed E-state index contributed by atoms with van der Waals surface area (Å²) in [5, 5.41) is 12.9. The number of aliphatic hydroxyl groups is 1. The molecular weight excluding hydrogens is 488 g/mol. The van der Waals surface area contributed by atoms with Gasteiger partial charge in [0, 0.05) is 51.9 Å². The molecule has 1 atom stereocenters. The molecule has 1 aliphatic rings. The van der Waals surface area contributed by atoms with Crippen molar-refractivity contribution in [1.29, 1.82) is 0 Å². The molecule has 0 spiro atoms. The van der Waals surface area contributed by atoms with Crippen LogP contribution in [0.4, 0.5) is 0 Å². The van der Waals surface area contributed by atoms with E-state index in [0.29, 0.717) is 48.0 Å². The number of hydrogen-bond donors (Lipinski definition) is 2. The molecule has 0 bridgehead atoms. The molecule has 196 valence electrons. The van der Waals surface area contributed by atoms with Crippen LogP contribution in [0.5, 0.6) is 0 Å². The van der Waals surface area contributed by atoms with E-state index >= 15 is 0 Å². The molecule has 1 aromatic carbocycles. The Balaban J connectivity index is 1.39. The molecule has 0 aliphatic carbocycles. The Morgan fingerprint density at radius 2 is 1.73 bits per heavy atom. The number of β-amino-alcohol motifs (C(OH)–C–C–N with tert-alkyl or cyclic N) is 1. The van der Waals surface area contributed by atoms with Gasteiger partial charge in [0.1, 0.15) is 5.69 Å². The minimum atomic E-state index is -0.153. The maximum Gasteiger partial charge on any atom is 0.221 e. The number of benzene rings is 1. The molecule has 3 heterocycles. The third-order valence-corrected chi connectivity index (χ3v) is 7.21. The molecular formula is C28H35ClN6O2. The van der Waals surface area contributed by atoms with E-state index in [1.165, 1.54) is 0 Å². The summed E-state index contributed by atoms with van der Waals surface area (Å²) < 4.78 is 0. The monoisotopic (exact) mass is 522 g/mol. The quantitative estimate of drug-likeness (QED) is 0.399. The summed E-state index contributed by atoms with van der Waals surface area (Å²) in [6.45, 7) is 7.19. The highest BCUT2D eigenvalue weighted by atomic mass is 35.5. The van der Waals surface area contributed by atoms with E-state index in [2.05, 4.69) is 25.1 Å². The van der Waals surface area contributed by atoms with E-state index in [1.54, 1.807) is 6.20 Å². The lowest BCUT2D eigenvalue weighted by atomic mass is 10.00. The Labute approximate surface area is 223 Å². The molecule has 0 radical (unpaired) electrons. The fourth-order valence-electron chi connectivity index (χ4n) is 4.59. The minimum absolute atomic E-state index is 0.0331. The summed E-state index contributed by atoms with van der Waals surface area (Å²) in [7, 11) is 0. The van der Waals surface area contributed by atoms with E-state index in [9.17, 15) is 4.79 Å². The number of nitrogens with one attached hydrogen (secondary N) is 1. The second-order valence-corrected chi connectivity index (χ2v) is 9.71. The smallest absolute Gasteiger partial charge is 0.221 e. The van der Waals surface area contributed by atoms with Crippen LogP contribution in [0.15, 0.2) is 54.7 Å². The number of aryl methyl sites for hydroxylation is 2. The van der Waals surface area contributed by atoms with E-state index in [0.717, 1.165) is 44.0 Å². The van der Waals surface area contributed by atoms with Crippen molar-refractivity contribution < 1.29 is 9.90 Å². The van der Waals surface area contributed by atoms with E-state index < -0.39 is 0 Å². The summed E-state index contributed by atoms with van der Waals surface area (Å²) >= 11 is 6.60. The highest BCUT2D eigenvalue weighted by molar-refractivity contribution is 6.31. The predicted octanol–water partition coefficient (Wildman–Crippen LogP) is 3.29. The van der Waals surface area contributed by atoms with Crippen molar-refractivity contribution in [3.05, 3.63) is 76.7 Å². The van der Waals surface area contributed by atoms with Gasteiger partial charge in [-0.2, -0.15) is 0 Å². The molecule has 3 aromatic rings. The van der Waals surface area contributed by atoms with Crippen molar-refractivity contribution in [3.63, 3.8) is 0 Å². The number of hydrogen-bond acceptors (Lipinski definition) is 7.